The number of hydrogen-bond acceptors (Lipinski definition) is 4. The van der Waals surface area contributed by atoms with Crippen LogP contribution in [-0.2, 0) is 14.8 Å². The molecule has 0 saturated carbocycles. The van der Waals surface area contributed by atoms with Crippen LogP contribution in [0.25, 0.3) is 0 Å². The molecular weight excluding hydrogens is 394 g/mol. The van der Waals surface area contributed by atoms with E-state index in [2.05, 4.69) is 5.32 Å². The summed E-state index contributed by atoms with van der Waals surface area (Å²) in [6.07, 6.45) is 0. The Kier molecular flexibility index (Phi) is 7.34. The van der Waals surface area contributed by atoms with E-state index < -0.39 is 21.7 Å². The predicted octanol–water partition coefficient (Wildman–Crippen LogP) is 3.73. The number of sulfonamides is 1. The predicted molar refractivity (Wildman–Crippen MR) is 102 cm³/mol. The SMILES string of the molecule is CCN(CC)S(=O)(=O)c1ccc(NC(=O)CSc2ccc(F)c(F)c2)cc1. The van der Waals surface area contributed by atoms with E-state index in [4.69, 9.17) is 0 Å². The number of nitrogens with zero attached hydrogens (tertiary/aromatic N) is 1. The van der Waals surface area contributed by atoms with E-state index >= 15 is 0 Å². The number of nitrogens with one attached hydrogen (secondary N) is 1. The van der Waals surface area contributed by atoms with Gasteiger partial charge in [0.25, 0.3) is 0 Å². The molecule has 1 N–H and O–H groups in total. The number of anilines is 1. The number of carbonyl (C=O) groups excluding carboxylic acids is 1. The summed E-state index contributed by atoms with van der Waals surface area (Å²) < 4.78 is 52.2. The fraction of sp³-hybridized carbons (Fsp3) is 0.278. The van der Waals surface area contributed by atoms with Crippen molar-refractivity contribution in [2.24, 2.45) is 0 Å². The second-order valence-corrected chi connectivity index (χ2v) is 8.51. The van der Waals surface area contributed by atoms with Gasteiger partial charge in [-0.05, 0) is 42.5 Å². The zero-order valence-electron chi connectivity index (χ0n) is 14.9. The lowest BCUT2D eigenvalue weighted by Crippen LogP contribution is -2.30. The minimum Gasteiger partial charge on any atom is -0.325 e. The summed E-state index contributed by atoms with van der Waals surface area (Å²) in [4.78, 5) is 12.6. The van der Waals surface area contributed by atoms with Crippen LogP contribution in [0.1, 0.15) is 13.8 Å². The van der Waals surface area contributed by atoms with E-state index in [0.717, 1.165) is 23.9 Å². The van der Waals surface area contributed by atoms with Gasteiger partial charge in [-0.15, -0.1) is 11.8 Å². The molecule has 1 amide bonds. The maximum Gasteiger partial charge on any atom is 0.243 e. The molecule has 0 saturated heterocycles. The van der Waals surface area contributed by atoms with E-state index in [1.54, 1.807) is 13.8 Å². The third-order valence-electron chi connectivity index (χ3n) is 3.74. The summed E-state index contributed by atoms with van der Waals surface area (Å²) in [7, 11) is -3.55. The van der Waals surface area contributed by atoms with E-state index in [-0.39, 0.29) is 16.6 Å². The number of thioether (sulfide) groups is 1. The summed E-state index contributed by atoms with van der Waals surface area (Å²) in [5, 5.41) is 2.64. The largest absolute Gasteiger partial charge is 0.325 e. The fourth-order valence-electron chi connectivity index (χ4n) is 2.34. The van der Waals surface area contributed by atoms with E-state index in [0.29, 0.717) is 23.7 Å². The van der Waals surface area contributed by atoms with Crippen LogP contribution in [0.2, 0.25) is 0 Å². The summed E-state index contributed by atoms with van der Waals surface area (Å²) in [6.45, 7) is 4.28. The van der Waals surface area contributed by atoms with Crippen molar-refractivity contribution in [3.63, 3.8) is 0 Å². The molecule has 2 rings (SSSR count). The monoisotopic (exact) mass is 414 g/mol. The lowest BCUT2D eigenvalue weighted by Gasteiger charge is -2.18. The van der Waals surface area contributed by atoms with Gasteiger partial charge < -0.3 is 5.32 Å². The Hall–Kier alpha value is -1.97. The number of hydrogen-bond donors (Lipinski definition) is 1. The Morgan fingerprint density at radius 3 is 2.22 bits per heavy atom. The molecule has 27 heavy (non-hydrogen) atoms. The molecule has 0 unspecified atom stereocenters. The first-order valence-electron chi connectivity index (χ1n) is 8.25. The standard InChI is InChI=1S/C18H20F2N2O3S2/c1-3-22(4-2)27(24,25)15-8-5-13(6-9-15)21-18(23)12-26-14-7-10-16(19)17(20)11-14/h5-11H,3-4,12H2,1-2H3,(H,21,23). The van der Waals surface area contributed by atoms with E-state index in [9.17, 15) is 22.0 Å². The second kappa shape index (κ2) is 9.29. The molecule has 0 fully saturated rings. The Bertz CT molecular complexity index is 899. The molecule has 0 bridgehead atoms. The van der Waals surface area contributed by atoms with Gasteiger partial charge >= 0.3 is 0 Å². The van der Waals surface area contributed by atoms with Crippen LogP contribution in [0, 0.1) is 11.6 Å². The van der Waals surface area contributed by atoms with Crippen LogP contribution in [0.15, 0.2) is 52.3 Å². The van der Waals surface area contributed by atoms with Crippen molar-refractivity contribution in [1.82, 2.24) is 4.31 Å². The molecular formula is C18H20F2N2O3S2. The normalized spacial score (nSPS) is 11.6. The average molecular weight is 414 g/mol. The molecule has 2 aromatic rings. The quantitative estimate of drug-likeness (QED) is 0.669. The Balaban J connectivity index is 1.97. The van der Waals surface area contributed by atoms with Crippen LogP contribution in [0.5, 0.6) is 0 Å². The summed E-state index contributed by atoms with van der Waals surface area (Å²) >= 11 is 1.07. The molecule has 9 heteroatoms. The molecule has 0 aliphatic heterocycles. The summed E-state index contributed by atoms with van der Waals surface area (Å²) in [6, 6.07) is 9.32. The van der Waals surface area contributed by atoms with Crippen molar-refractivity contribution < 1.29 is 22.0 Å². The average Bonchev–Trinajstić information content (AvgIpc) is 2.64. The molecule has 2 aromatic carbocycles. The van der Waals surface area contributed by atoms with Crippen molar-refractivity contribution in [3.8, 4) is 0 Å². The molecule has 0 aliphatic rings. The first-order valence-corrected chi connectivity index (χ1v) is 10.7. The fourth-order valence-corrected chi connectivity index (χ4v) is 4.51. The lowest BCUT2D eigenvalue weighted by molar-refractivity contribution is -0.113. The van der Waals surface area contributed by atoms with Crippen LogP contribution >= 0.6 is 11.8 Å². The molecule has 0 radical (unpaired) electrons. The van der Waals surface area contributed by atoms with E-state index in [1.807, 2.05) is 0 Å². The Morgan fingerprint density at radius 2 is 1.67 bits per heavy atom. The van der Waals surface area contributed by atoms with Crippen molar-refractivity contribution in [2.45, 2.75) is 23.6 Å². The van der Waals surface area contributed by atoms with Crippen molar-refractivity contribution in [1.29, 1.82) is 0 Å². The molecule has 0 heterocycles. The Labute approximate surface area is 161 Å². The van der Waals surface area contributed by atoms with Gasteiger partial charge in [0.1, 0.15) is 0 Å². The van der Waals surface area contributed by atoms with Gasteiger partial charge in [-0.1, -0.05) is 13.8 Å². The molecule has 146 valence electrons. The highest BCUT2D eigenvalue weighted by atomic mass is 32.2. The second-order valence-electron chi connectivity index (χ2n) is 5.53. The lowest BCUT2D eigenvalue weighted by atomic mass is 10.3. The molecule has 0 atom stereocenters. The molecule has 0 aromatic heterocycles. The number of rotatable bonds is 8. The zero-order valence-corrected chi connectivity index (χ0v) is 16.5. The van der Waals surface area contributed by atoms with Gasteiger partial charge in [-0.25, -0.2) is 17.2 Å². The number of amides is 1. The van der Waals surface area contributed by atoms with Crippen molar-refractivity contribution in [2.75, 3.05) is 24.2 Å². The van der Waals surface area contributed by atoms with Gasteiger partial charge in [-0.2, -0.15) is 4.31 Å². The molecule has 0 spiro atoms. The van der Waals surface area contributed by atoms with Gasteiger partial charge in [0.05, 0.1) is 10.6 Å². The van der Waals surface area contributed by atoms with Gasteiger partial charge in [0.2, 0.25) is 15.9 Å². The van der Waals surface area contributed by atoms with Crippen molar-refractivity contribution in [3.05, 3.63) is 54.1 Å². The first-order chi connectivity index (χ1) is 12.8. The summed E-state index contributed by atoms with van der Waals surface area (Å²) in [5.74, 6) is -2.25. The molecule has 0 aliphatic carbocycles. The van der Waals surface area contributed by atoms with Crippen LogP contribution in [0.4, 0.5) is 14.5 Å². The van der Waals surface area contributed by atoms with Gasteiger partial charge in [0, 0.05) is 23.7 Å². The number of carbonyl (C=O) groups is 1. The van der Waals surface area contributed by atoms with Gasteiger partial charge in [-0.3, -0.25) is 4.79 Å². The van der Waals surface area contributed by atoms with Gasteiger partial charge in [0.15, 0.2) is 11.6 Å². The minimum absolute atomic E-state index is 0.00453. The first kappa shape index (κ1) is 21.3. The van der Waals surface area contributed by atoms with E-state index in [1.165, 1.54) is 34.6 Å². The topological polar surface area (TPSA) is 66.5 Å². The third-order valence-corrected chi connectivity index (χ3v) is 6.80. The highest BCUT2D eigenvalue weighted by Crippen LogP contribution is 2.21. The summed E-state index contributed by atoms with van der Waals surface area (Å²) in [5.41, 5.74) is 0.449. The number of halogens is 2. The Morgan fingerprint density at radius 1 is 1.04 bits per heavy atom. The minimum atomic E-state index is -3.55. The highest BCUT2D eigenvalue weighted by Gasteiger charge is 2.21. The maximum absolute atomic E-state index is 13.2. The van der Waals surface area contributed by atoms with Crippen LogP contribution in [0.3, 0.4) is 0 Å². The highest BCUT2D eigenvalue weighted by molar-refractivity contribution is 8.00. The third kappa shape index (κ3) is 5.50. The van der Waals surface area contributed by atoms with Crippen LogP contribution in [-0.4, -0.2) is 37.5 Å². The maximum atomic E-state index is 13.2. The number of benzene rings is 2. The molecule has 5 nitrogen and oxygen atoms in total. The zero-order chi connectivity index (χ0) is 20.0. The smallest absolute Gasteiger partial charge is 0.243 e. The van der Waals surface area contributed by atoms with Crippen LogP contribution < -0.4 is 5.32 Å². The van der Waals surface area contributed by atoms with Crippen molar-refractivity contribution >= 4 is 33.4 Å².